The largest absolute Gasteiger partial charge is 0.388 e. The van der Waals surface area contributed by atoms with Crippen LogP contribution in [0.1, 0.15) is 31.5 Å². The Morgan fingerprint density at radius 2 is 2.30 bits per heavy atom. The molecule has 0 aliphatic carbocycles. The maximum atomic E-state index is 11.8. The van der Waals surface area contributed by atoms with Gasteiger partial charge in [0.25, 0.3) is 0 Å². The van der Waals surface area contributed by atoms with E-state index in [0.29, 0.717) is 13.0 Å². The molecule has 1 fully saturated rings. The van der Waals surface area contributed by atoms with E-state index in [-0.39, 0.29) is 5.91 Å². The molecule has 20 heavy (non-hydrogen) atoms. The van der Waals surface area contributed by atoms with Gasteiger partial charge in [0.2, 0.25) is 5.91 Å². The molecule has 2 rings (SSSR count). The number of carbonyl (C=O) groups excluding carboxylic acids is 1. The number of carbonyl (C=O) groups is 1. The highest BCUT2D eigenvalue weighted by molar-refractivity contribution is 7.99. The first-order chi connectivity index (χ1) is 9.59. The van der Waals surface area contributed by atoms with Crippen molar-refractivity contribution in [1.29, 1.82) is 0 Å². The maximum absolute atomic E-state index is 11.8. The molecular formula is C14H23N3O2S. The van der Waals surface area contributed by atoms with Gasteiger partial charge < -0.3 is 15.0 Å². The fourth-order valence-corrected chi connectivity index (χ4v) is 3.58. The number of amides is 1. The number of aromatic nitrogens is 2. The van der Waals surface area contributed by atoms with Crippen molar-refractivity contribution in [1.82, 2.24) is 14.9 Å². The van der Waals surface area contributed by atoms with Crippen molar-refractivity contribution >= 4 is 17.7 Å². The van der Waals surface area contributed by atoms with Crippen molar-refractivity contribution in [3.8, 4) is 0 Å². The lowest BCUT2D eigenvalue weighted by Gasteiger charge is -2.31. The van der Waals surface area contributed by atoms with E-state index in [9.17, 15) is 9.90 Å². The molecule has 1 amide bonds. The highest BCUT2D eigenvalue weighted by atomic mass is 32.2. The first-order valence-electron chi connectivity index (χ1n) is 7.14. The van der Waals surface area contributed by atoms with Crippen molar-refractivity contribution in [3.63, 3.8) is 0 Å². The molecule has 0 unspecified atom stereocenters. The minimum atomic E-state index is -0.693. The normalized spacial score (nSPS) is 17.9. The third-order valence-corrected chi connectivity index (χ3v) is 4.75. The van der Waals surface area contributed by atoms with Crippen LogP contribution in [0.3, 0.4) is 0 Å². The van der Waals surface area contributed by atoms with Gasteiger partial charge in [-0.1, -0.05) is 0 Å². The Balaban J connectivity index is 1.64. The van der Waals surface area contributed by atoms with Gasteiger partial charge in [-0.2, -0.15) is 11.8 Å². The van der Waals surface area contributed by atoms with Crippen LogP contribution >= 0.6 is 11.8 Å². The molecule has 0 radical (unpaired) electrons. The van der Waals surface area contributed by atoms with E-state index >= 15 is 0 Å². The zero-order chi connectivity index (χ0) is 14.4. The van der Waals surface area contributed by atoms with E-state index in [0.717, 1.165) is 43.1 Å². The van der Waals surface area contributed by atoms with Crippen molar-refractivity contribution in [3.05, 3.63) is 18.2 Å². The summed E-state index contributed by atoms with van der Waals surface area (Å²) in [6.07, 6.45) is 6.51. The highest BCUT2D eigenvalue weighted by Gasteiger charge is 2.29. The SMILES string of the molecule is Cc1nccn1CCCC(=O)NCC1(O)CCSCC1. The van der Waals surface area contributed by atoms with Gasteiger partial charge in [-0.25, -0.2) is 4.98 Å². The summed E-state index contributed by atoms with van der Waals surface area (Å²) in [5.74, 6) is 2.95. The number of nitrogens with zero attached hydrogens (tertiary/aromatic N) is 2. The van der Waals surface area contributed by atoms with Crippen molar-refractivity contribution in [2.45, 2.75) is 44.8 Å². The Hall–Kier alpha value is -1.01. The van der Waals surface area contributed by atoms with Gasteiger partial charge in [0.1, 0.15) is 5.82 Å². The number of hydrogen-bond acceptors (Lipinski definition) is 4. The van der Waals surface area contributed by atoms with Crippen LogP contribution in [0.5, 0.6) is 0 Å². The lowest BCUT2D eigenvalue weighted by Crippen LogP contribution is -2.45. The average Bonchev–Trinajstić information content (AvgIpc) is 2.83. The second kappa shape index (κ2) is 7.13. The molecule has 5 nitrogen and oxygen atoms in total. The van der Waals surface area contributed by atoms with E-state index in [1.807, 2.05) is 29.4 Å². The van der Waals surface area contributed by atoms with E-state index < -0.39 is 5.60 Å². The van der Waals surface area contributed by atoms with Gasteiger partial charge in [0.15, 0.2) is 0 Å². The lowest BCUT2D eigenvalue weighted by atomic mass is 9.97. The Morgan fingerprint density at radius 3 is 2.95 bits per heavy atom. The molecule has 1 saturated heterocycles. The number of thioether (sulfide) groups is 1. The smallest absolute Gasteiger partial charge is 0.220 e. The van der Waals surface area contributed by atoms with Crippen LogP contribution in [0.2, 0.25) is 0 Å². The van der Waals surface area contributed by atoms with Crippen molar-refractivity contribution in [2.24, 2.45) is 0 Å². The fourth-order valence-electron chi connectivity index (χ4n) is 2.33. The van der Waals surface area contributed by atoms with E-state index in [1.165, 1.54) is 0 Å². The van der Waals surface area contributed by atoms with Crippen molar-refractivity contribution in [2.75, 3.05) is 18.1 Å². The first kappa shape index (κ1) is 15.4. The molecule has 0 aromatic carbocycles. The standard InChI is InChI=1S/C14H23N3O2S/c1-12-15-6-8-17(12)7-2-3-13(18)16-11-14(19)4-9-20-10-5-14/h6,8,19H,2-5,7,9-11H2,1H3,(H,16,18). The number of rotatable bonds is 6. The average molecular weight is 297 g/mol. The maximum Gasteiger partial charge on any atom is 0.220 e. The second-order valence-corrected chi connectivity index (χ2v) is 6.61. The van der Waals surface area contributed by atoms with Crippen LogP contribution in [0.25, 0.3) is 0 Å². The van der Waals surface area contributed by atoms with Crippen LogP contribution in [-0.4, -0.2) is 44.2 Å². The number of imidazole rings is 1. The highest BCUT2D eigenvalue weighted by Crippen LogP contribution is 2.26. The third kappa shape index (κ3) is 4.52. The molecule has 0 saturated carbocycles. The van der Waals surface area contributed by atoms with E-state index in [4.69, 9.17) is 0 Å². The number of aliphatic hydroxyl groups is 1. The zero-order valence-corrected chi connectivity index (χ0v) is 12.8. The molecule has 112 valence electrons. The van der Waals surface area contributed by atoms with Crippen LogP contribution in [0.4, 0.5) is 0 Å². The van der Waals surface area contributed by atoms with Crippen LogP contribution in [0, 0.1) is 6.92 Å². The molecule has 1 aromatic heterocycles. The molecule has 2 N–H and O–H groups in total. The van der Waals surface area contributed by atoms with Crippen LogP contribution < -0.4 is 5.32 Å². The van der Waals surface area contributed by atoms with Gasteiger partial charge >= 0.3 is 0 Å². The minimum Gasteiger partial charge on any atom is -0.388 e. The summed E-state index contributed by atoms with van der Waals surface area (Å²) in [5, 5.41) is 13.2. The fraction of sp³-hybridized carbons (Fsp3) is 0.714. The van der Waals surface area contributed by atoms with Crippen LogP contribution in [0.15, 0.2) is 12.4 Å². The van der Waals surface area contributed by atoms with Gasteiger partial charge in [-0.3, -0.25) is 4.79 Å². The lowest BCUT2D eigenvalue weighted by molar-refractivity contribution is -0.122. The Labute approximate surface area is 124 Å². The first-order valence-corrected chi connectivity index (χ1v) is 8.29. The van der Waals surface area contributed by atoms with Gasteiger partial charge in [0.05, 0.1) is 5.60 Å². The predicted octanol–water partition coefficient (Wildman–Crippen LogP) is 1.35. The number of hydrogen-bond donors (Lipinski definition) is 2. The monoisotopic (exact) mass is 297 g/mol. The zero-order valence-electron chi connectivity index (χ0n) is 12.0. The molecule has 0 spiro atoms. The molecule has 1 aliphatic rings. The quantitative estimate of drug-likeness (QED) is 0.831. The van der Waals surface area contributed by atoms with Gasteiger partial charge in [-0.15, -0.1) is 0 Å². The summed E-state index contributed by atoms with van der Waals surface area (Å²) < 4.78 is 2.04. The summed E-state index contributed by atoms with van der Waals surface area (Å²) >= 11 is 1.86. The predicted molar refractivity (Wildman–Crippen MR) is 80.7 cm³/mol. The summed E-state index contributed by atoms with van der Waals surface area (Å²) in [6.45, 7) is 3.15. The molecule has 2 heterocycles. The Bertz CT molecular complexity index is 441. The minimum absolute atomic E-state index is 0.0226. The van der Waals surface area contributed by atoms with Crippen molar-refractivity contribution < 1.29 is 9.90 Å². The molecular weight excluding hydrogens is 274 g/mol. The molecule has 1 aromatic rings. The molecule has 0 bridgehead atoms. The molecule has 0 atom stereocenters. The van der Waals surface area contributed by atoms with Crippen LogP contribution in [-0.2, 0) is 11.3 Å². The Kier molecular flexibility index (Phi) is 5.48. The summed E-state index contributed by atoms with van der Waals surface area (Å²) in [4.78, 5) is 15.9. The molecule has 6 heteroatoms. The second-order valence-electron chi connectivity index (χ2n) is 5.38. The topological polar surface area (TPSA) is 67.2 Å². The van der Waals surface area contributed by atoms with E-state index in [2.05, 4.69) is 10.3 Å². The van der Waals surface area contributed by atoms with E-state index in [1.54, 1.807) is 6.20 Å². The summed E-state index contributed by atoms with van der Waals surface area (Å²) in [7, 11) is 0. The summed E-state index contributed by atoms with van der Waals surface area (Å²) in [5.41, 5.74) is -0.693. The summed E-state index contributed by atoms with van der Waals surface area (Å²) in [6, 6.07) is 0. The van der Waals surface area contributed by atoms with Gasteiger partial charge in [-0.05, 0) is 37.7 Å². The Morgan fingerprint density at radius 1 is 1.55 bits per heavy atom. The number of aryl methyl sites for hydroxylation is 2. The van der Waals surface area contributed by atoms with Gasteiger partial charge in [0, 0.05) is 31.9 Å². The third-order valence-electron chi connectivity index (χ3n) is 3.76. The molecule has 1 aliphatic heterocycles. The number of nitrogens with one attached hydrogen (secondary N) is 1.